The summed E-state index contributed by atoms with van der Waals surface area (Å²) in [6.45, 7) is 4.10. The van der Waals surface area contributed by atoms with Gasteiger partial charge in [0, 0.05) is 12.8 Å². The molecule has 1 aromatic rings. The standard InChI is InChI=1S/C13H17FN2O/c1-10(2)13(8-15,9-17-3)16-12-6-4-5-11(14)7-12/h4-7,10,16H,9H2,1-3H3. The van der Waals surface area contributed by atoms with E-state index in [4.69, 9.17) is 4.74 Å². The molecule has 0 saturated carbocycles. The van der Waals surface area contributed by atoms with Crippen LogP contribution >= 0.6 is 0 Å². The molecule has 0 aliphatic carbocycles. The lowest BCUT2D eigenvalue weighted by Crippen LogP contribution is -2.46. The molecule has 0 aliphatic rings. The molecule has 92 valence electrons. The number of nitrogens with one attached hydrogen (secondary N) is 1. The number of halogens is 1. The van der Waals surface area contributed by atoms with Gasteiger partial charge < -0.3 is 10.1 Å². The van der Waals surface area contributed by atoms with Crippen molar-refractivity contribution >= 4 is 5.69 Å². The van der Waals surface area contributed by atoms with Gasteiger partial charge in [0.2, 0.25) is 0 Å². The van der Waals surface area contributed by atoms with Crippen LogP contribution in [0.2, 0.25) is 0 Å². The second kappa shape index (κ2) is 5.65. The highest BCUT2D eigenvalue weighted by atomic mass is 19.1. The van der Waals surface area contributed by atoms with E-state index in [-0.39, 0.29) is 18.3 Å². The third kappa shape index (κ3) is 3.18. The normalized spacial score (nSPS) is 14.1. The summed E-state index contributed by atoms with van der Waals surface area (Å²) in [7, 11) is 1.54. The van der Waals surface area contributed by atoms with Gasteiger partial charge in [0.15, 0.2) is 5.54 Å². The molecule has 1 N–H and O–H groups in total. The molecule has 1 aromatic carbocycles. The molecule has 0 spiro atoms. The maximum atomic E-state index is 13.1. The summed E-state index contributed by atoms with van der Waals surface area (Å²) in [4.78, 5) is 0. The molecule has 0 saturated heterocycles. The summed E-state index contributed by atoms with van der Waals surface area (Å²) >= 11 is 0. The van der Waals surface area contributed by atoms with Crippen LogP contribution in [-0.2, 0) is 4.74 Å². The van der Waals surface area contributed by atoms with Crippen molar-refractivity contribution in [3.63, 3.8) is 0 Å². The molecule has 0 radical (unpaired) electrons. The zero-order chi connectivity index (χ0) is 12.9. The minimum atomic E-state index is -0.845. The highest BCUT2D eigenvalue weighted by molar-refractivity contribution is 5.48. The topological polar surface area (TPSA) is 45.0 Å². The maximum absolute atomic E-state index is 13.1. The lowest BCUT2D eigenvalue weighted by Gasteiger charge is -2.32. The van der Waals surface area contributed by atoms with E-state index in [1.807, 2.05) is 13.8 Å². The van der Waals surface area contributed by atoms with E-state index >= 15 is 0 Å². The Morgan fingerprint density at radius 3 is 2.71 bits per heavy atom. The monoisotopic (exact) mass is 236 g/mol. The first-order valence-corrected chi connectivity index (χ1v) is 5.48. The van der Waals surface area contributed by atoms with Crippen molar-refractivity contribution in [2.24, 2.45) is 5.92 Å². The van der Waals surface area contributed by atoms with Crippen molar-refractivity contribution < 1.29 is 9.13 Å². The van der Waals surface area contributed by atoms with Crippen LogP contribution in [0.4, 0.5) is 10.1 Å². The Bertz CT molecular complexity index is 414. The summed E-state index contributed by atoms with van der Waals surface area (Å²) in [5.74, 6) is -0.293. The van der Waals surface area contributed by atoms with Crippen molar-refractivity contribution in [3.05, 3.63) is 30.1 Å². The van der Waals surface area contributed by atoms with Gasteiger partial charge in [-0.1, -0.05) is 19.9 Å². The Balaban J connectivity index is 2.98. The molecule has 3 nitrogen and oxygen atoms in total. The second-order valence-electron chi connectivity index (χ2n) is 4.31. The predicted molar refractivity (Wildman–Crippen MR) is 65.1 cm³/mol. The van der Waals surface area contributed by atoms with E-state index in [9.17, 15) is 9.65 Å². The fourth-order valence-corrected chi connectivity index (χ4v) is 1.59. The first kappa shape index (κ1) is 13.5. The van der Waals surface area contributed by atoms with Crippen molar-refractivity contribution in [1.29, 1.82) is 5.26 Å². The summed E-state index contributed by atoms with van der Waals surface area (Å²) in [5, 5.41) is 12.4. The van der Waals surface area contributed by atoms with E-state index in [2.05, 4.69) is 11.4 Å². The number of rotatable bonds is 5. The van der Waals surface area contributed by atoms with Crippen molar-refractivity contribution in [2.45, 2.75) is 19.4 Å². The summed E-state index contributed by atoms with van der Waals surface area (Å²) < 4.78 is 18.2. The van der Waals surface area contributed by atoms with Gasteiger partial charge in [-0.25, -0.2) is 4.39 Å². The summed E-state index contributed by atoms with van der Waals surface area (Å²) in [6.07, 6.45) is 0. The van der Waals surface area contributed by atoms with Gasteiger partial charge in [-0.15, -0.1) is 0 Å². The molecule has 0 aromatic heterocycles. The Kier molecular flexibility index (Phi) is 4.47. The average Bonchev–Trinajstić information content (AvgIpc) is 2.28. The second-order valence-corrected chi connectivity index (χ2v) is 4.31. The Labute approximate surface area is 101 Å². The predicted octanol–water partition coefficient (Wildman–Crippen LogP) is 2.80. The minimum Gasteiger partial charge on any atom is -0.381 e. The molecule has 1 unspecified atom stereocenters. The molecule has 4 heteroatoms. The minimum absolute atomic E-state index is 0.0377. The maximum Gasteiger partial charge on any atom is 0.151 e. The molecule has 0 heterocycles. The first-order valence-electron chi connectivity index (χ1n) is 5.48. The Hall–Kier alpha value is -1.60. The number of nitrogens with zero attached hydrogens (tertiary/aromatic N) is 1. The fourth-order valence-electron chi connectivity index (χ4n) is 1.59. The highest BCUT2D eigenvalue weighted by Crippen LogP contribution is 2.23. The molecular formula is C13H17FN2O. The van der Waals surface area contributed by atoms with E-state index in [1.165, 1.54) is 12.1 Å². The van der Waals surface area contributed by atoms with E-state index in [1.54, 1.807) is 19.2 Å². The smallest absolute Gasteiger partial charge is 0.151 e. The molecule has 17 heavy (non-hydrogen) atoms. The largest absolute Gasteiger partial charge is 0.381 e. The third-order valence-corrected chi connectivity index (χ3v) is 2.75. The lowest BCUT2D eigenvalue weighted by molar-refractivity contribution is 0.144. The SMILES string of the molecule is COCC(C#N)(Nc1cccc(F)c1)C(C)C. The number of hydrogen-bond donors (Lipinski definition) is 1. The van der Waals surface area contributed by atoms with Crippen LogP contribution in [0.1, 0.15) is 13.8 Å². The first-order chi connectivity index (χ1) is 8.04. The van der Waals surface area contributed by atoms with Crippen LogP contribution in [0.25, 0.3) is 0 Å². The molecule has 1 rings (SSSR count). The van der Waals surface area contributed by atoms with Gasteiger partial charge in [0.1, 0.15) is 5.82 Å². The van der Waals surface area contributed by atoms with Gasteiger partial charge in [-0.05, 0) is 24.1 Å². The fraction of sp³-hybridized carbons (Fsp3) is 0.462. The summed E-state index contributed by atoms with van der Waals surface area (Å²) in [6, 6.07) is 8.29. The van der Waals surface area contributed by atoms with Gasteiger partial charge in [-0.2, -0.15) is 5.26 Å². The number of ether oxygens (including phenoxy) is 1. The quantitative estimate of drug-likeness (QED) is 0.855. The Morgan fingerprint density at radius 2 is 2.24 bits per heavy atom. The Morgan fingerprint density at radius 1 is 1.53 bits per heavy atom. The number of benzene rings is 1. The average molecular weight is 236 g/mol. The van der Waals surface area contributed by atoms with E-state index in [0.29, 0.717) is 5.69 Å². The number of hydrogen-bond acceptors (Lipinski definition) is 3. The lowest BCUT2D eigenvalue weighted by atomic mass is 9.88. The number of anilines is 1. The van der Waals surface area contributed by atoms with Crippen LogP contribution in [0.3, 0.4) is 0 Å². The highest BCUT2D eigenvalue weighted by Gasteiger charge is 2.34. The molecular weight excluding hydrogens is 219 g/mol. The number of methoxy groups -OCH3 is 1. The van der Waals surface area contributed by atoms with Gasteiger partial charge >= 0.3 is 0 Å². The third-order valence-electron chi connectivity index (χ3n) is 2.75. The van der Waals surface area contributed by atoms with Crippen molar-refractivity contribution in [1.82, 2.24) is 0 Å². The number of nitriles is 1. The van der Waals surface area contributed by atoms with E-state index < -0.39 is 5.54 Å². The zero-order valence-corrected chi connectivity index (χ0v) is 10.3. The molecule has 0 aliphatic heterocycles. The van der Waals surface area contributed by atoms with Crippen molar-refractivity contribution in [2.75, 3.05) is 19.0 Å². The summed E-state index contributed by atoms with van der Waals surface area (Å²) in [5.41, 5.74) is -0.264. The van der Waals surface area contributed by atoms with E-state index in [0.717, 1.165) is 0 Å². The zero-order valence-electron chi connectivity index (χ0n) is 10.3. The van der Waals surface area contributed by atoms with Gasteiger partial charge in [0.05, 0.1) is 12.7 Å². The van der Waals surface area contributed by atoms with Crippen LogP contribution in [0, 0.1) is 23.1 Å². The molecule has 0 amide bonds. The van der Waals surface area contributed by atoms with Crippen molar-refractivity contribution in [3.8, 4) is 6.07 Å². The van der Waals surface area contributed by atoms with Gasteiger partial charge in [0.25, 0.3) is 0 Å². The van der Waals surface area contributed by atoms with Gasteiger partial charge in [-0.3, -0.25) is 0 Å². The molecule has 0 fully saturated rings. The van der Waals surface area contributed by atoms with Crippen LogP contribution in [0.15, 0.2) is 24.3 Å². The van der Waals surface area contributed by atoms with Crippen LogP contribution in [-0.4, -0.2) is 19.3 Å². The molecule has 1 atom stereocenters. The van der Waals surface area contributed by atoms with Crippen LogP contribution in [0.5, 0.6) is 0 Å². The van der Waals surface area contributed by atoms with Crippen LogP contribution < -0.4 is 5.32 Å². The molecule has 0 bridgehead atoms.